The van der Waals surface area contributed by atoms with Gasteiger partial charge in [-0.05, 0) is 43.9 Å². The minimum atomic E-state index is -3.71. The van der Waals surface area contributed by atoms with Gasteiger partial charge in [0.1, 0.15) is 5.82 Å². The molecule has 2 heterocycles. The van der Waals surface area contributed by atoms with Gasteiger partial charge < -0.3 is 5.32 Å². The van der Waals surface area contributed by atoms with Crippen LogP contribution in [-0.4, -0.2) is 41.5 Å². The summed E-state index contributed by atoms with van der Waals surface area (Å²) in [5.41, 5.74) is 1.44. The molecule has 27 heavy (non-hydrogen) atoms. The fraction of sp³-hybridized carbons (Fsp3) is 0.444. The largest absolute Gasteiger partial charge is 0.323 e. The second-order valence-corrected chi connectivity index (χ2v) is 8.80. The van der Waals surface area contributed by atoms with Gasteiger partial charge in [0, 0.05) is 32.8 Å². The number of amides is 1. The molecule has 3 rings (SSSR count). The lowest BCUT2D eigenvalue weighted by Crippen LogP contribution is -2.39. The highest BCUT2D eigenvalue weighted by Crippen LogP contribution is 2.26. The summed E-state index contributed by atoms with van der Waals surface area (Å²) >= 11 is 0. The number of anilines is 1. The SMILES string of the molecule is Cc1nn(C)cc1NC(=O)CC1CCN(S(=O)(=O)c2cccc(F)c2)CC1. The summed E-state index contributed by atoms with van der Waals surface area (Å²) < 4.78 is 41.6. The first-order chi connectivity index (χ1) is 12.8. The van der Waals surface area contributed by atoms with Crippen molar-refractivity contribution in [3.63, 3.8) is 0 Å². The summed E-state index contributed by atoms with van der Waals surface area (Å²) in [5, 5.41) is 7.04. The molecule has 0 bridgehead atoms. The molecule has 1 aromatic carbocycles. The van der Waals surface area contributed by atoms with Gasteiger partial charge in [0.25, 0.3) is 0 Å². The quantitative estimate of drug-likeness (QED) is 0.843. The molecule has 1 aromatic heterocycles. The first kappa shape index (κ1) is 19.5. The average Bonchev–Trinajstić information content (AvgIpc) is 2.92. The molecule has 0 saturated carbocycles. The number of rotatable bonds is 5. The molecule has 2 aromatic rings. The number of nitrogens with one attached hydrogen (secondary N) is 1. The molecule has 1 saturated heterocycles. The molecule has 0 aliphatic carbocycles. The number of sulfonamides is 1. The van der Waals surface area contributed by atoms with E-state index >= 15 is 0 Å². The molecule has 1 aliphatic rings. The lowest BCUT2D eigenvalue weighted by molar-refractivity contribution is -0.117. The number of benzene rings is 1. The highest BCUT2D eigenvalue weighted by atomic mass is 32.2. The van der Waals surface area contributed by atoms with Crippen LogP contribution in [0.4, 0.5) is 10.1 Å². The number of aromatic nitrogens is 2. The topological polar surface area (TPSA) is 84.3 Å². The number of nitrogens with zero attached hydrogens (tertiary/aromatic N) is 3. The highest BCUT2D eigenvalue weighted by Gasteiger charge is 2.30. The van der Waals surface area contributed by atoms with Crippen LogP contribution in [0.5, 0.6) is 0 Å². The van der Waals surface area contributed by atoms with E-state index < -0.39 is 15.8 Å². The van der Waals surface area contributed by atoms with Crippen molar-refractivity contribution in [2.75, 3.05) is 18.4 Å². The molecular weight excluding hydrogens is 371 g/mol. The third-order valence-corrected chi connectivity index (χ3v) is 6.66. The van der Waals surface area contributed by atoms with E-state index in [1.54, 1.807) is 17.9 Å². The number of hydrogen-bond donors (Lipinski definition) is 1. The maximum absolute atomic E-state index is 13.3. The maximum Gasteiger partial charge on any atom is 0.243 e. The molecular formula is C18H23FN4O3S. The minimum Gasteiger partial charge on any atom is -0.323 e. The van der Waals surface area contributed by atoms with Gasteiger partial charge in [0.05, 0.1) is 16.3 Å². The Morgan fingerprint density at radius 2 is 2.04 bits per heavy atom. The van der Waals surface area contributed by atoms with Gasteiger partial charge in [0.2, 0.25) is 15.9 Å². The van der Waals surface area contributed by atoms with Crippen molar-refractivity contribution in [2.45, 2.75) is 31.1 Å². The molecule has 0 radical (unpaired) electrons. The third-order valence-electron chi connectivity index (χ3n) is 4.77. The Morgan fingerprint density at radius 3 is 2.63 bits per heavy atom. The lowest BCUT2D eigenvalue weighted by Gasteiger charge is -2.31. The van der Waals surface area contributed by atoms with Gasteiger partial charge in [0.15, 0.2) is 0 Å². The fourth-order valence-corrected chi connectivity index (χ4v) is 4.82. The van der Waals surface area contributed by atoms with Crippen LogP contribution in [0.25, 0.3) is 0 Å². The van der Waals surface area contributed by atoms with Crippen LogP contribution in [0.3, 0.4) is 0 Å². The summed E-state index contributed by atoms with van der Waals surface area (Å²) in [6, 6.07) is 5.03. The second-order valence-electron chi connectivity index (χ2n) is 6.86. The normalized spacial score (nSPS) is 16.4. The van der Waals surface area contributed by atoms with Gasteiger partial charge in [-0.3, -0.25) is 9.48 Å². The minimum absolute atomic E-state index is 0.0363. The molecule has 1 aliphatic heterocycles. The fourth-order valence-electron chi connectivity index (χ4n) is 3.32. The Bertz CT molecular complexity index is 934. The molecule has 7 nitrogen and oxygen atoms in total. The number of halogens is 1. The van der Waals surface area contributed by atoms with Crippen molar-refractivity contribution in [1.82, 2.24) is 14.1 Å². The average molecular weight is 394 g/mol. The Labute approximate surface area is 158 Å². The molecule has 0 atom stereocenters. The zero-order valence-corrected chi connectivity index (χ0v) is 16.2. The predicted octanol–water partition coefficient (Wildman–Crippen LogP) is 2.30. The number of carbonyl (C=O) groups excluding carboxylic acids is 1. The second kappa shape index (κ2) is 7.77. The molecule has 1 N–H and O–H groups in total. The summed E-state index contributed by atoms with van der Waals surface area (Å²) in [6.07, 6.45) is 3.27. The molecule has 1 amide bonds. The maximum atomic E-state index is 13.3. The predicted molar refractivity (Wildman–Crippen MR) is 99.1 cm³/mol. The van der Waals surface area contributed by atoms with Gasteiger partial charge >= 0.3 is 0 Å². The van der Waals surface area contributed by atoms with E-state index in [2.05, 4.69) is 10.4 Å². The molecule has 146 valence electrons. The van der Waals surface area contributed by atoms with E-state index in [1.807, 2.05) is 6.92 Å². The van der Waals surface area contributed by atoms with Crippen LogP contribution >= 0.6 is 0 Å². The summed E-state index contributed by atoms with van der Waals surface area (Å²) in [4.78, 5) is 12.2. The number of piperidine rings is 1. The van der Waals surface area contributed by atoms with Crippen molar-refractivity contribution in [1.29, 1.82) is 0 Å². The van der Waals surface area contributed by atoms with Crippen molar-refractivity contribution >= 4 is 21.6 Å². The Hall–Kier alpha value is -2.26. The highest BCUT2D eigenvalue weighted by molar-refractivity contribution is 7.89. The Balaban J connectivity index is 1.55. The van der Waals surface area contributed by atoms with Crippen LogP contribution in [0.1, 0.15) is 25.0 Å². The van der Waals surface area contributed by atoms with Crippen LogP contribution < -0.4 is 5.32 Å². The summed E-state index contributed by atoms with van der Waals surface area (Å²) in [6.45, 7) is 2.47. The van der Waals surface area contributed by atoms with Gasteiger partial charge in [-0.25, -0.2) is 12.8 Å². The summed E-state index contributed by atoms with van der Waals surface area (Å²) in [5.74, 6) is -0.563. The van der Waals surface area contributed by atoms with E-state index in [0.717, 1.165) is 11.8 Å². The van der Waals surface area contributed by atoms with Crippen LogP contribution in [0.2, 0.25) is 0 Å². The van der Waals surface area contributed by atoms with Crippen molar-refractivity contribution < 1.29 is 17.6 Å². The van der Waals surface area contributed by atoms with Crippen LogP contribution in [-0.2, 0) is 21.9 Å². The van der Waals surface area contributed by atoms with E-state index in [0.29, 0.717) is 38.0 Å². The van der Waals surface area contributed by atoms with Gasteiger partial charge in [-0.2, -0.15) is 9.40 Å². The van der Waals surface area contributed by atoms with Crippen molar-refractivity contribution in [3.8, 4) is 0 Å². The standard InChI is InChI=1S/C18H23FN4O3S/c1-13-17(12-22(2)21-13)20-18(24)10-14-6-8-23(9-7-14)27(25,26)16-5-3-4-15(19)11-16/h3-5,11-12,14H,6-10H2,1-2H3,(H,20,24). The van der Waals surface area contributed by atoms with E-state index in [1.165, 1.54) is 22.5 Å². The monoisotopic (exact) mass is 394 g/mol. The van der Waals surface area contributed by atoms with Crippen LogP contribution in [0.15, 0.2) is 35.4 Å². The Morgan fingerprint density at radius 1 is 1.33 bits per heavy atom. The first-order valence-electron chi connectivity index (χ1n) is 8.81. The van der Waals surface area contributed by atoms with Gasteiger partial charge in [-0.1, -0.05) is 6.07 Å². The van der Waals surface area contributed by atoms with E-state index in [4.69, 9.17) is 0 Å². The van der Waals surface area contributed by atoms with E-state index in [9.17, 15) is 17.6 Å². The first-order valence-corrected chi connectivity index (χ1v) is 10.3. The number of carbonyl (C=O) groups is 1. The summed E-state index contributed by atoms with van der Waals surface area (Å²) in [7, 11) is -1.92. The van der Waals surface area contributed by atoms with Crippen molar-refractivity contribution in [3.05, 3.63) is 42.0 Å². The van der Waals surface area contributed by atoms with Crippen LogP contribution in [0, 0.1) is 18.7 Å². The van der Waals surface area contributed by atoms with Crippen molar-refractivity contribution in [2.24, 2.45) is 13.0 Å². The zero-order chi connectivity index (χ0) is 19.6. The molecule has 1 fully saturated rings. The molecule has 0 spiro atoms. The number of hydrogen-bond acceptors (Lipinski definition) is 4. The third kappa shape index (κ3) is 4.54. The smallest absolute Gasteiger partial charge is 0.243 e. The zero-order valence-electron chi connectivity index (χ0n) is 15.4. The number of aryl methyl sites for hydroxylation is 2. The molecule has 9 heteroatoms. The Kier molecular flexibility index (Phi) is 5.61. The van der Waals surface area contributed by atoms with E-state index in [-0.39, 0.29) is 16.7 Å². The lowest BCUT2D eigenvalue weighted by atomic mass is 9.94. The van der Waals surface area contributed by atoms with Gasteiger partial charge in [-0.15, -0.1) is 0 Å². The molecule has 0 unspecified atom stereocenters.